The number of hydrogen-bond acceptors (Lipinski definition) is 4. The van der Waals surface area contributed by atoms with Crippen molar-refractivity contribution in [1.82, 2.24) is 10.3 Å². The lowest BCUT2D eigenvalue weighted by Gasteiger charge is -2.16. The van der Waals surface area contributed by atoms with E-state index in [0.717, 1.165) is 0 Å². The maximum absolute atomic E-state index is 11.9. The van der Waals surface area contributed by atoms with Gasteiger partial charge in [-0.15, -0.1) is 0 Å². The Morgan fingerprint density at radius 1 is 1.50 bits per heavy atom. The van der Waals surface area contributed by atoms with Crippen molar-refractivity contribution in [2.24, 2.45) is 5.92 Å². The molecule has 0 aliphatic carbocycles. The zero-order valence-electron chi connectivity index (χ0n) is 10.4. The van der Waals surface area contributed by atoms with E-state index in [1.54, 1.807) is 6.07 Å². The average molecular weight is 251 g/mol. The number of carbonyl (C=O) groups is 2. The van der Waals surface area contributed by atoms with Crippen LogP contribution >= 0.6 is 0 Å². The third-order valence-electron chi connectivity index (χ3n) is 2.39. The SMILES string of the molecule is CC(C)CC(NC(=O)c1cccnc1N)C(=O)O. The molecule has 6 heteroatoms. The lowest BCUT2D eigenvalue weighted by atomic mass is 10.0. The first-order valence-electron chi connectivity index (χ1n) is 5.66. The van der Waals surface area contributed by atoms with E-state index in [-0.39, 0.29) is 17.3 Å². The number of anilines is 1. The highest BCUT2D eigenvalue weighted by molar-refractivity contribution is 6.00. The van der Waals surface area contributed by atoms with E-state index in [1.165, 1.54) is 12.3 Å². The van der Waals surface area contributed by atoms with Gasteiger partial charge in [0.2, 0.25) is 0 Å². The fourth-order valence-corrected chi connectivity index (χ4v) is 1.54. The number of carboxylic acid groups (broad SMARTS) is 1. The van der Waals surface area contributed by atoms with Crippen LogP contribution in [0.2, 0.25) is 0 Å². The Balaban J connectivity index is 2.79. The molecule has 0 radical (unpaired) electrons. The van der Waals surface area contributed by atoms with E-state index < -0.39 is 17.9 Å². The number of pyridine rings is 1. The van der Waals surface area contributed by atoms with Crippen molar-refractivity contribution >= 4 is 17.7 Å². The third-order valence-corrected chi connectivity index (χ3v) is 2.39. The number of carbonyl (C=O) groups excluding carboxylic acids is 1. The smallest absolute Gasteiger partial charge is 0.326 e. The van der Waals surface area contributed by atoms with Crippen LogP contribution in [-0.4, -0.2) is 28.0 Å². The Kier molecular flexibility index (Phi) is 4.65. The van der Waals surface area contributed by atoms with E-state index in [2.05, 4.69) is 10.3 Å². The highest BCUT2D eigenvalue weighted by Gasteiger charge is 2.22. The van der Waals surface area contributed by atoms with Crippen molar-refractivity contribution in [3.05, 3.63) is 23.9 Å². The van der Waals surface area contributed by atoms with E-state index in [1.807, 2.05) is 13.8 Å². The molecule has 0 saturated heterocycles. The normalized spacial score (nSPS) is 12.2. The molecule has 0 aliphatic rings. The predicted octanol–water partition coefficient (Wildman–Crippen LogP) is 0.893. The first-order valence-corrected chi connectivity index (χ1v) is 5.66. The number of nitrogens with two attached hydrogens (primary N) is 1. The van der Waals surface area contributed by atoms with Crippen LogP contribution in [0.3, 0.4) is 0 Å². The van der Waals surface area contributed by atoms with Crippen molar-refractivity contribution in [3.8, 4) is 0 Å². The minimum absolute atomic E-state index is 0.0867. The van der Waals surface area contributed by atoms with Crippen LogP contribution in [0.4, 0.5) is 5.82 Å². The standard InChI is InChI=1S/C12H17N3O3/c1-7(2)6-9(12(17)18)15-11(16)8-4-3-5-14-10(8)13/h3-5,7,9H,6H2,1-2H3,(H2,13,14)(H,15,16)(H,17,18). The average Bonchev–Trinajstić information content (AvgIpc) is 2.27. The minimum Gasteiger partial charge on any atom is -0.480 e. The highest BCUT2D eigenvalue weighted by Crippen LogP contribution is 2.09. The predicted molar refractivity (Wildman–Crippen MR) is 67.0 cm³/mol. The molecule has 1 atom stereocenters. The molecule has 1 aromatic rings. The molecule has 0 saturated carbocycles. The number of carboxylic acids is 1. The number of aromatic nitrogens is 1. The first-order chi connectivity index (χ1) is 8.41. The van der Waals surface area contributed by atoms with Gasteiger partial charge in [-0.05, 0) is 24.5 Å². The number of nitrogens with zero attached hydrogens (tertiary/aromatic N) is 1. The van der Waals surface area contributed by atoms with Gasteiger partial charge in [0, 0.05) is 6.20 Å². The van der Waals surface area contributed by atoms with Gasteiger partial charge in [0.25, 0.3) is 5.91 Å². The van der Waals surface area contributed by atoms with Gasteiger partial charge < -0.3 is 16.2 Å². The summed E-state index contributed by atoms with van der Waals surface area (Å²) in [5, 5.41) is 11.5. The first kappa shape index (κ1) is 14.0. The molecule has 1 amide bonds. The molecule has 1 heterocycles. The molecule has 1 aromatic heterocycles. The maximum atomic E-state index is 11.9. The molecule has 18 heavy (non-hydrogen) atoms. The summed E-state index contributed by atoms with van der Waals surface area (Å²) >= 11 is 0. The van der Waals surface area contributed by atoms with Gasteiger partial charge >= 0.3 is 5.97 Å². The minimum atomic E-state index is -1.06. The van der Waals surface area contributed by atoms with Gasteiger partial charge in [-0.25, -0.2) is 9.78 Å². The molecular weight excluding hydrogens is 234 g/mol. The van der Waals surface area contributed by atoms with Crippen LogP contribution in [0.25, 0.3) is 0 Å². The summed E-state index contributed by atoms with van der Waals surface area (Å²) in [5.74, 6) is -1.32. The monoisotopic (exact) mass is 251 g/mol. The molecule has 98 valence electrons. The van der Waals surface area contributed by atoms with Gasteiger partial charge in [0.1, 0.15) is 11.9 Å². The van der Waals surface area contributed by atoms with Crippen LogP contribution in [0.5, 0.6) is 0 Å². The number of rotatable bonds is 5. The van der Waals surface area contributed by atoms with Crippen molar-refractivity contribution < 1.29 is 14.7 Å². The zero-order chi connectivity index (χ0) is 13.7. The maximum Gasteiger partial charge on any atom is 0.326 e. The Hall–Kier alpha value is -2.11. The number of nitrogen functional groups attached to an aromatic ring is 1. The molecule has 0 aromatic carbocycles. The van der Waals surface area contributed by atoms with Crippen LogP contribution in [0.1, 0.15) is 30.6 Å². The fourth-order valence-electron chi connectivity index (χ4n) is 1.54. The van der Waals surface area contributed by atoms with Crippen molar-refractivity contribution in [3.63, 3.8) is 0 Å². The van der Waals surface area contributed by atoms with Gasteiger partial charge in [-0.3, -0.25) is 4.79 Å². The highest BCUT2D eigenvalue weighted by atomic mass is 16.4. The second-order valence-corrected chi connectivity index (χ2v) is 4.43. The van der Waals surface area contributed by atoms with E-state index in [4.69, 9.17) is 10.8 Å². The van der Waals surface area contributed by atoms with Crippen molar-refractivity contribution in [1.29, 1.82) is 0 Å². The largest absolute Gasteiger partial charge is 0.480 e. The zero-order valence-corrected chi connectivity index (χ0v) is 10.4. The topological polar surface area (TPSA) is 105 Å². The lowest BCUT2D eigenvalue weighted by molar-refractivity contribution is -0.139. The van der Waals surface area contributed by atoms with Crippen LogP contribution in [0, 0.1) is 5.92 Å². The summed E-state index contributed by atoms with van der Waals surface area (Å²) < 4.78 is 0. The Labute approximate surface area is 105 Å². The summed E-state index contributed by atoms with van der Waals surface area (Å²) in [4.78, 5) is 26.7. The molecule has 4 N–H and O–H groups in total. The summed E-state index contributed by atoms with van der Waals surface area (Å²) in [6, 6.07) is 2.16. The van der Waals surface area contributed by atoms with Crippen LogP contribution in [-0.2, 0) is 4.79 Å². The quantitative estimate of drug-likeness (QED) is 0.720. The summed E-state index contributed by atoms with van der Waals surface area (Å²) in [5.41, 5.74) is 5.74. The van der Waals surface area contributed by atoms with Crippen LogP contribution in [0.15, 0.2) is 18.3 Å². The number of amides is 1. The van der Waals surface area contributed by atoms with Gasteiger partial charge in [0.05, 0.1) is 5.56 Å². The number of aliphatic carboxylic acids is 1. The lowest BCUT2D eigenvalue weighted by Crippen LogP contribution is -2.41. The summed E-state index contributed by atoms with van der Waals surface area (Å²) in [6.45, 7) is 3.78. The molecule has 0 spiro atoms. The molecular formula is C12H17N3O3. The van der Waals surface area contributed by atoms with Gasteiger partial charge in [-0.2, -0.15) is 0 Å². The summed E-state index contributed by atoms with van der Waals surface area (Å²) in [6.07, 6.45) is 1.83. The fraction of sp³-hybridized carbons (Fsp3) is 0.417. The molecule has 0 bridgehead atoms. The van der Waals surface area contributed by atoms with E-state index >= 15 is 0 Å². The summed E-state index contributed by atoms with van der Waals surface area (Å²) in [7, 11) is 0. The number of hydrogen-bond donors (Lipinski definition) is 3. The van der Waals surface area contributed by atoms with Gasteiger partial charge in [0.15, 0.2) is 0 Å². The van der Waals surface area contributed by atoms with Crippen molar-refractivity contribution in [2.45, 2.75) is 26.3 Å². The Morgan fingerprint density at radius 3 is 2.67 bits per heavy atom. The molecule has 6 nitrogen and oxygen atoms in total. The third kappa shape index (κ3) is 3.73. The molecule has 1 unspecified atom stereocenters. The molecule has 1 rings (SSSR count). The van der Waals surface area contributed by atoms with Crippen LogP contribution < -0.4 is 11.1 Å². The second kappa shape index (κ2) is 6.00. The van der Waals surface area contributed by atoms with Crippen molar-refractivity contribution in [2.75, 3.05) is 5.73 Å². The number of nitrogens with one attached hydrogen (secondary N) is 1. The Morgan fingerprint density at radius 2 is 2.17 bits per heavy atom. The molecule has 0 fully saturated rings. The Bertz CT molecular complexity index is 446. The van der Waals surface area contributed by atoms with Gasteiger partial charge in [-0.1, -0.05) is 13.8 Å². The van der Waals surface area contributed by atoms with E-state index in [0.29, 0.717) is 6.42 Å². The second-order valence-electron chi connectivity index (χ2n) is 4.43. The molecule has 0 aliphatic heterocycles. The van der Waals surface area contributed by atoms with E-state index in [9.17, 15) is 9.59 Å².